The highest BCUT2D eigenvalue weighted by molar-refractivity contribution is 7.80. The molecular weight excluding hydrogens is 202 g/mol. The molecule has 0 aromatic heterocycles. The predicted octanol–water partition coefficient (Wildman–Crippen LogP) is 0.721. The van der Waals surface area contributed by atoms with Crippen LogP contribution < -0.4 is 16.8 Å². The van der Waals surface area contributed by atoms with Crippen molar-refractivity contribution in [3.05, 3.63) is 0 Å². The van der Waals surface area contributed by atoms with E-state index in [2.05, 4.69) is 30.6 Å². The molecule has 0 radical (unpaired) electrons. The van der Waals surface area contributed by atoms with E-state index in [1.807, 2.05) is 0 Å². The molecule has 5 nitrogen and oxygen atoms in total. The number of carbonyl (C=O) groups excluding carboxylic acids is 1. The van der Waals surface area contributed by atoms with Crippen LogP contribution in [-0.4, -0.2) is 24.4 Å². The third kappa shape index (κ3) is 22.4. The molecule has 0 fully saturated rings. The zero-order valence-electron chi connectivity index (χ0n) is 8.71. The monoisotopic (exact) mass is 221 g/mol. The van der Waals surface area contributed by atoms with Crippen LogP contribution in [0.25, 0.3) is 0 Å². The molecule has 0 atom stereocenters. The van der Waals surface area contributed by atoms with Crippen molar-refractivity contribution in [1.82, 2.24) is 5.32 Å². The first-order valence-corrected chi connectivity index (χ1v) is 4.90. The average Bonchev–Trinajstić information content (AvgIpc) is 2.10. The van der Waals surface area contributed by atoms with Crippen molar-refractivity contribution >= 4 is 23.4 Å². The Kier molecular flexibility index (Phi) is 13.2. The molecule has 0 saturated heterocycles. The molecule has 0 rings (SSSR count). The maximum Gasteiger partial charge on any atom is 0.309 e. The fraction of sp³-hybridized carbons (Fsp3) is 0.750. The third-order valence-electron chi connectivity index (χ3n) is 0.957. The van der Waals surface area contributed by atoms with E-state index in [1.54, 1.807) is 0 Å². The highest BCUT2D eigenvalue weighted by Gasteiger charge is 1.91. The van der Waals surface area contributed by atoms with Gasteiger partial charge in [0.25, 0.3) is 5.17 Å². The second-order valence-electron chi connectivity index (χ2n) is 2.47. The molecular formula is C8H19N3O2S. The lowest BCUT2D eigenvalue weighted by atomic mass is 10.5. The summed E-state index contributed by atoms with van der Waals surface area (Å²) in [6.07, 6.45) is 2.09. The molecule has 0 aliphatic rings. The fourth-order valence-electron chi connectivity index (χ4n) is 0.473. The van der Waals surface area contributed by atoms with Crippen LogP contribution in [-0.2, 0) is 4.74 Å². The van der Waals surface area contributed by atoms with Crippen LogP contribution in [0.5, 0.6) is 0 Å². The summed E-state index contributed by atoms with van der Waals surface area (Å²) in [6.45, 7) is 5.77. The van der Waals surface area contributed by atoms with E-state index in [0.29, 0.717) is 5.17 Å². The van der Waals surface area contributed by atoms with Gasteiger partial charge in [0.05, 0.1) is 6.61 Å². The van der Waals surface area contributed by atoms with E-state index >= 15 is 0 Å². The normalized spacial score (nSPS) is 8.14. The molecule has 0 spiro atoms. The molecule has 14 heavy (non-hydrogen) atoms. The number of hydrogen-bond donors (Lipinski definition) is 3. The summed E-state index contributed by atoms with van der Waals surface area (Å²) in [4.78, 5) is 9.00. The number of ether oxygens (including phenoxy) is 1. The van der Waals surface area contributed by atoms with Crippen LogP contribution in [0.3, 0.4) is 0 Å². The summed E-state index contributed by atoms with van der Waals surface area (Å²) in [5, 5.41) is 3.51. The summed E-state index contributed by atoms with van der Waals surface area (Å²) >= 11 is 4.85. The minimum atomic E-state index is -0.833. The lowest BCUT2D eigenvalue weighted by Crippen LogP contribution is -2.24. The van der Waals surface area contributed by atoms with Gasteiger partial charge in [-0.15, -0.1) is 0 Å². The van der Waals surface area contributed by atoms with Crippen molar-refractivity contribution in [2.75, 3.05) is 13.2 Å². The SMILES string of the molecule is CCCNC(=S)OCCC.NC(N)=O. The Morgan fingerprint density at radius 2 is 1.86 bits per heavy atom. The van der Waals surface area contributed by atoms with E-state index in [4.69, 9.17) is 21.7 Å². The molecule has 0 aliphatic heterocycles. The van der Waals surface area contributed by atoms with Gasteiger partial charge in [-0.05, 0) is 25.1 Å². The molecule has 0 unspecified atom stereocenters. The van der Waals surface area contributed by atoms with Gasteiger partial charge >= 0.3 is 6.03 Å². The predicted molar refractivity (Wildman–Crippen MR) is 60.9 cm³/mol. The molecule has 0 bridgehead atoms. The van der Waals surface area contributed by atoms with Gasteiger partial charge in [-0.25, -0.2) is 4.79 Å². The number of amides is 2. The Bertz CT molecular complexity index is 151. The van der Waals surface area contributed by atoms with Gasteiger partial charge in [0, 0.05) is 6.54 Å². The lowest BCUT2D eigenvalue weighted by Gasteiger charge is -2.06. The van der Waals surface area contributed by atoms with Gasteiger partial charge in [-0.2, -0.15) is 0 Å². The first-order chi connectivity index (χ1) is 6.54. The first-order valence-electron chi connectivity index (χ1n) is 4.50. The zero-order valence-corrected chi connectivity index (χ0v) is 9.52. The standard InChI is InChI=1S/C7H15NOS.CH4N2O/c1-3-5-8-7(10)9-6-4-2;2-1(3)4/h3-6H2,1-2H3,(H,8,10);(H4,2,3,4). The number of urea groups is 1. The summed E-state index contributed by atoms with van der Waals surface area (Å²) in [7, 11) is 0. The smallest absolute Gasteiger partial charge is 0.309 e. The van der Waals surface area contributed by atoms with Crippen LogP contribution in [0.2, 0.25) is 0 Å². The van der Waals surface area contributed by atoms with Gasteiger partial charge < -0.3 is 21.5 Å². The van der Waals surface area contributed by atoms with Gasteiger partial charge in [-0.3, -0.25) is 0 Å². The van der Waals surface area contributed by atoms with E-state index in [9.17, 15) is 0 Å². The molecule has 0 aromatic carbocycles. The number of nitrogens with two attached hydrogens (primary N) is 2. The van der Waals surface area contributed by atoms with E-state index in [0.717, 1.165) is 26.0 Å². The number of nitrogens with one attached hydrogen (secondary N) is 1. The maximum absolute atomic E-state index is 9.00. The van der Waals surface area contributed by atoms with Crippen molar-refractivity contribution in [3.8, 4) is 0 Å². The van der Waals surface area contributed by atoms with Crippen LogP contribution in [0, 0.1) is 0 Å². The van der Waals surface area contributed by atoms with Crippen molar-refractivity contribution in [3.63, 3.8) is 0 Å². The summed E-state index contributed by atoms with van der Waals surface area (Å²) in [6, 6.07) is -0.833. The summed E-state index contributed by atoms with van der Waals surface area (Å²) in [5.41, 5.74) is 8.50. The number of rotatable bonds is 4. The molecule has 0 saturated carbocycles. The molecule has 6 heteroatoms. The van der Waals surface area contributed by atoms with Crippen LogP contribution in [0.4, 0.5) is 4.79 Å². The van der Waals surface area contributed by atoms with Crippen LogP contribution >= 0.6 is 12.2 Å². The molecule has 0 aromatic rings. The highest BCUT2D eigenvalue weighted by Crippen LogP contribution is 1.82. The number of hydrogen-bond acceptors (Lipinski definition) is 3. The van der Waals surface area contributed by atoms with E-state index in [-0.39, 0.29) is 0 Å². The number of primary amides is 2. The number of thiocarbonyl (C=S) groups is 1. The van der Waals surface area contributed by atoms with Gasteiger partial charge in [0.1, 0.15) is 0 Å². The van der Waals surface area contributed by atoms with Gasteiger partial charge in [-0.1, -0.05) is 13.8 Å². The summed E-state index contributed by atoms with van der Waals surface area (Å²) in [5.74, 6) is 0. The van der Waals surface area contributed by atoms with Crippen molar-refractivity contribution in [1.29, 1.82) is 0 Å². The van der Waals surface area contributed by atoms with Crippen molar-refractivity contribution < 1.29 is 9.53 Å². The Morgan fingerprint density at radius 1 is 1.36 bits per heavy atom. The number of carbonyl (C=O) groups is 1. The Morgan fingerprint density at radius 3 is 2.21 bits per heavy atom. The fourth-order valence-corrected chi connectivity index (χ4v) is 0.658. The van der Waals surface area contributed by atoms with Gasteiger partial charge in [0.2, 0.25) is 0 Å². The van der Waals surface area contributed by atoms with Crippen molar-refractivity contribution in [2.45, 2.75) is 26.7 Å². The minimum Gasteiger partial charge on any atom is -0.471 e. The third-order valence-corrected chi connectivity index (χ3v) is 1.22. The van der Waals surface area contributed by atoms with E-state index in [1.165, 1.54) is 0 Å². The Balaban J connectivity index is 0. The van der Waals surface area contributed by atoms with Crippen LogP contribution in [0.15, 0.2) is 0 Å². The zero-order chi connectivity index (χ0) is 11.4. The van der Waals surface area contributed by atoms with Gasteiger partial charge in [0.15, 0.2) is 0 Å². The Labute approximate surface area is 90.2 Å². The second-order valence-corrected chi connectivity index (χ2v) is 2.84. The average molecular weight is 221 g/mol. The second kappa shape index (κ2) is 12.0. The molecule has 84 valence electrons. The maximum atomic E-state index is 9.00. The quantitative estimate of drug-likeness (QED) is 0.610. The topological polar surface area (TPSA) is 90.4 Å². The first kappa shape index (κ1) is 15.4. The molecule has 2 amide bonds. The summed E-state index contributed by atoms with van der Waals surface area (Å²) < 4.78 is 5.11. The van der Waals surface area contributed by atoms with E-state index < -0.39 is 6.03 Å². The lowest BCUT2D eigenvalue weighted by molar-refractivity contribution is 0.256. The largest absolute Gasteiger partial charge is 0.471 e. The van der Waals surface area contributed by atoms with Crippen molar-refractivity contribution in [2.24, 2.45) is 11.5 Å². The van der Waals surface area contributed by atoms with Crippen LogP contribution in [0.1, 0.15) is 26.7 Å². The molecule has 5 N–H and O–H groups in total. The molecule has 0 heterocycles. The minimum absolute atomic E-state index is 0.531. The Hall–Kier alpha value is -1.04. The molecule has 0 aliphatic carbocycles. The highest BCUT2D eigenvalue weighted by atomic mass is 32.1.